The van der Waals surface area contributed by atoms with Gasteiger partial charge in [-0.25, -0.2) is 0 Å². The number of hydrogen-bond donors (Lipinski definition) is 0. The zero-order valence-corrected chi connectivity index (χ0v) is 16.7. The van der Waals surface area contributed by atoms with Crippen LogP contribution in [0.25, 0.3) is 0 Å². The molecule has 0 bridgehead atoms. The number of pyridine rings is 1. The van der Waals surface area contributed by atoms with Crippen LogP contribution in [0.2, 0.25) is 0 Å². The maximum Gasteiger partial charge on any atom is 0.148 e. The number of hydrogen-bond acceptors (Lipinski definition) is 3. The van der Waals surface area contributed by atoms with Crippen molar-refractivity contribution in [1.29, 1.82) is 0 Å². The summed E-state index contributed by atoms with van der Waals surface area (Å²) < 4.78 is 0. The fourth-order valence-electron chi connectivity index (χ4n) is 4.18. The highest BCUT2D eigenvalue weighted by atomic mass is 15.3. The van der Waals surface area contributed by atoms with E-state index in [-0.39, 0.29) is 12.1 Å². The zero-order chi connectivity index (χ0) is 20.2. The van der Waals surface area contributed by atoms with Crippen LogP contribution >= 0.6 is 0 Å². The Kier molecular flexibility index (Phi) is 5.09. The smallest absolute Gasteiger partial charge is 0.148 e. The van der Waals surface area contributed by atoms with Crippen LogP contribution < -0.4 is 4.90 Å². The van der Waals surface area contributed by atoms with E-state index in [0.29, 0.717) is 0 Å². The number of rotatable bonds is 5. The fraction of sp³-hybridized carbons (Fsp3) is 0.111. The molecule has 1 unspecified atom stereocenters. The van der Waals surface area contributed by atoms with Gasteiger partial charge in [0.15, 0.2) is 0 Å². The van der Waals surface area contributed by atoms with Gasteiger partial charge in [-0.1, -0.05) is 84.9 Å². The first kappa shape index (κ1) is 18.3. The zero-order valence-electron chi connectivity index (χ0n) is 16.7. The van der Waals surface area contributed by atoms with Crippen molar-refractivity contribution in [3.63, 3.8) is 0 Å². The highest BCUT2D eigenvalue weighted by Gasteiger charge is 2.28. The first-order chi connectivity index (χ1) is 14.9. The van der Waals surface area contributed by atoms with Crippen LogP contribution in [0.15, 0.2) is 114 Å². The van der Waals surface area contributed by atoms with Crippen molar-refractivity contribution in [3.8, 4) is 0 Å². The lowest BCUT2D eigenvalue weighted by Crippen LogP contribution is -2.35. The third-order valence-corrected chi connectivity index (χ3v) is 5.66. The minimum Gasteiger partial charge on any atom is -0.344 e. The van der Waals surface area contributed by atoms with Crippen molar-refractivity contribution >= 4 is 11.9 Å². The molecule has 0 saturated carbocycles. The fourth-order valence-corrected chi connectivity index (χ4v) is 4.18. The normalized spacial score (nSPS) is 15.2. The standard InChI is InChI=1S/C27H23N3/c1-3-10-21(11-4-1)25(22-12-5-2-6-13-22)20-30-26-16-8-7-14-23(26)19-29-27(30)24-15-9-17-28-18-24/h1-19,25,27H,20H2. The van der Waals surface area contributed by atoms with Gasteiger partial charge in [0.2, 0.25) is 0 Å². The van der Waals surface area contributed by atoms with Crippen molar-refractivity contribution in [2.45, 2.75) is 12.1 Å². The summed E-state index contributed by atoms with van der Waals surface area (Å²) in [7, 11) is 0. The molecule has 2 heterocycles. The molecule has 3 heteroatoms. The molecule has 0 radical (unpaired) electrons. The van der Waals surface area contributed by atoms with Crippen LogP contribution in [-0.4, -0.2) is 17.7 Å². The molecule has 1 aliphatic heterocycles. The Bertz CT molecular complexity index is 1080. The van der Waals surface area contributed by atoms with E-state index in [1.165, 1.54) is 16.8 Å². The lowest BCUT2D eigenvalue weighted by molar-refractivity contribution is 0.609. The third kappa shape index (κ3) is 3.62. The van der Waals surface area contributed by atoms with E-state index in [2.05, 4.69) is 101 Å². The Morgan fingerprint density at radius 1 is 0.733 bits per heavy atom. The molecular formula is C27H23N3. The summed E-state index contributed by atoms with van der Waals surface area (Å²) in [5.74, 6) is 0.230. The topological polar surface area (TPSA) is 28.5 Å². The van der Waals surface area contributed by atoms with Crippen molar-refractivity contribution in [3.05, 3.63) is 132 Å². The SMILES string of the molecule is C1=NC(c2cccnc2)N(CC(c2ccccc2)c2ccccc2)c2ccccc21. The molecule has 0 fully saturated rings. The molecule has 5 rings (SSSR count). The number of fused-ring (bicyclic) bond motifs is 1. The first-order valence-electron chi connectivity index (χ1n) is 10.3. The molecular weight excluding hydrogens is 366 g/mol. The van der Waals surface area contributed by atoms with Crippen LogP contribution in [0, 0.1) is 0 Å². The van der Waals surface area contributed by atoms with Crippen LogP contribution in [0.1, 0.15) is 34.3 Å². The largest absolute Gasteiger partial charge is 0.344 e. The summed E-state index contributed by atoms with van der Waals surface area (Å²) >= 11 is 0. The minimum atomic E-state index is -0.0940. The number of aromatic nitrogens is 1. The van der Waals surface area contributed by atoms with E-state index >= 15 is 0 Å². The number of para-hydroxylation sites is 1. The van der Waals surface area contributed by atoms with Gasteiger partial charge in [0.1, 0.15) is 6.17 Å². The van der Waals surface area contributed by atoms with E-state index < -0.39 is 0 Å². The molecule has 4 aromatic rings. The molecule has 3 nitrogen and oxygen atoms in total. The predicted octanol–water partition coefficient (Wildman–Crippen LogP) is 5.85. The average Bonchev–Trinajstić information content (AvgIpc) is 2.84. The monoisotopic (exact) mass is 389 g/mol. The average molecular weight is 390 g/mol. The summed E-state index contributed by atoms with van der Waals surface area (Å²) in [5.41, 5.74) is 6.07. The van der Waals surface area contributed by atoms with Gasteiger partial charge in [-0.2, -0.15) is 0 Å². The maximum absolute atomic E-state index is 4.92. The molecule has 0 N–H and O–H groups in total. The Morgan fingerprint density at radius 3 is 2.07 bits per heavy atom. The third-order valence-electron chi connectivity index (χ3n) is 5.66. The maximum atomic E-state index is 4.92. The Hall–Kier alpha value is -3.72. The van der Waals surface area contributed by atoms with E-state index in [1.54, 1.807) is 0 Å². The van der Waals surface area contributed by atoms with E-state index in [9.17, 15) is 0 Å². The Balaban J connectivity index is 1.60. The van der Waals surface area contributed by atoms with Crippen LogP contribution in [0.3, 0.4) is 0 Å². The molecule has 0 spiro atoms. The molecule has 146 valence electrons. The Labute approximate surface area is 177 Å². The Morgan fingerprint density at radius 2 is 1.40 bits per heavy atom. The summed E-state index contributed by atoms with van der Waals surface area (Å²) in [6.45, 7) is 0.821. The van der Waals surface area contributed by atoms with Gasteiger partial charge in [-0.3, -0.25) is 9.98 Å². The van der Waals surface area contributed by atoms with Gasteiger partial charge in [0, 0.05) is 47.9 Å². The van der Waals surface area contributed by atoms with Crippen LogP contribution in [0.5, 0.6) is 0 Å². The van der Waals surface area contributed by atoms with Gasteiger partial charge in [-0.05, 0) is 23.3 Å². The molecule has 0 amide bonds. The van der Waals surface area contributed by atoms with Gasteiger partial charge in [0.05, 0.1) is 0 Å². The second-order valence-electron chi connectivity index (χ2n) is 7.52. The lowest BCUT2D eigenvalue weighted by Gasteiger charge is -2.37. The van der Waals surface area contributed by atoms with Crippen LogP contribution in [-0.2, 0) is 0 Å². The van der Waals surface area contributed by atoms with Crippen molar-refractivity contribution < 1.29 is 0 Å². The molecule has 1 atom stereocenters. The van der Waals surface area contributed by atoms with Crippen LogP contribution in [0.4, 0.5) is 5.69 Å². The lowest BCUT2D eigenvalue weighted by atomic mass is 9.90. The summed E-state index contributed by atoms with van der Waals surface area (Å²) in [6, 6.07) is 34.1. The number of anilines is 1. The van der Waals surface area contributed by atoms with Gasteiger partial charge < -0.3 is 4.90 Å². The van der Waals surface area contributed by atoms with Gasteiger partial charge in [0.25, 0.3) is 0 Å². The molecule has 0 saturated heterocycles. The molecule has 30 heavy (non-hydrogen) atoms. The highest BCUT2D eigenvalue weighted by molar-refractivity contribution is 5.90. The van der Waals surface area contributed by atoms with Crippen molar-refractivity contribution in [1.82, 2.24) is 4.98 Å². The second kappa shape index (κ2) is 8.34. The summed E-state index contributed by atoms with van der Waals surface area (Å²) in [4.78, 5) is 11.7. The van der Waals surface area contributed by atoms with E-state index in [4.69, 9.17) is 4.99 Å². The van der Waals surface area contributed by atoms with Gasteiger partial charge >= 0.3 is 0 Å². The summed E-state index contributed by atoms with van der Waals surface area (Å²) in [6.07, 6.45) is 5.63. The van der Waals surface area contributed by atoms with Crippen molar-refractivity contribution in [2.75, 3.05) is 11.4 Å². The first-order valence-corrected chi connectivity index (χ1v) is 10.3. The van der Waals surface area contributed by atoms with Crippen molar-refractivity contribution in [2.24, 2.45) is 4.99 Å². The predicted molar refractivity (Wildman–Crippen MR) is 123 cm³/mol. The number of nitrogens with zero attached hydrogens (tertiary/aromatic N) is 3. The second-order valence-corrected chi connectivity index (χ2v) is 7.52. The van der Waals surface area contributed by atoms with E-state index in [0.717, 1.165) is 17.7 Å². The molecule has 3 aromatic carbocycles. The highest BCUT2D eigenvalue weighted by Crippen LogP contribution is 2.37. The quantitative estimate of drug-likeness (QED) is 0.428. The molecule has 1 aliphatic rings. The molecule has 1 aromatic heterocycles. The summed E-state index contributed by atoms with van der Waals surface area (Å²) in [5, 5.41) is 0. The number of benzene rings is 3. The number of aliphatic imine (C=N–C) groups is 1. The van der Waals surface area contributed by atoms with Gasteiger partial charge in [-0.15, -0.1) is 0 Å². The molecule has 0 aliphatic carbocycles. The van der Waals surface area contributed by atoms with E-state index in [1.807, 2.05) is 24.7 Å². The minimum absolute atomic E-state index is 0.0940.